The molecule has 0 saturated carbocycles. The van der Waals surface area contributed by atoms with E-state index in [1.807, 2.05) is 0 Å². The van der Waals surface area contributed by atoms with Crippen LogP contribution >= 0.6 is 0 Å². The number of hydrogen-bond donors (Lipinski definition) is 2. The quantitative estimate of drug-likeness (QED) is 0.531. The average molecular weight is 185 g/mol. The van der Waals surface area contributed by atoms with Crippen LogP contribution in [0.4, 0.5) is 0 Å². The predicted molar refractivity (Wildman–Crippen MR) is 43.4 cm³/mol. The Kier molecular flexibility index (Phi) is 1.74. The zero-order valence-electron chi connectivity index (χ0n) is 7.39. The number of aliphatic hydroxyl groups is 1. The van der Waals surface area contributed by atoms with Gasteiger partial charge in [0, 0.05) is 7.05 Å². The van der Waals surface area contributed by atoms with Gasteiger partial charge in [0.15, 0.2) is 12.3 Å². The molecule has 6 heteroatoms. The third-order valence-electron chi connectivity index (χ3n) is 2.40. The Morgan fingerprint density at radius 3 is 2.92 bits per heavy atom. The second-order valence-corrected chi connectivity index (χ2v) is 3.13. The van der Waals surface area contributed by atoms with Gasteiger partial charge in [-0.05, 0) is 6.92 Å². The van der Waals surface area contributed by atoms with Crippen molar-refractivity contribution in [3.63, 3.8) is 0 Å². The number of carbonyl (C=O) groups excluding carboxylic acids is 1. The summed E-state index contributed by atoms with van der Waals surface area (Å²) in [6.07, 6.45) is -1.51. The molecule has 0 spiro atoms. The first kappa shape index (κ1) is 8.46. The van der Waals surface area contributed by atoms with Crippen LogP contribution in [0.15, 0.2) is 5.16 Å². The number of nitrogens with one attached hydrogen (secondary N) is 1. The molecule has 0 aromatic carbocycles. The highest BCUT2D eigenvalue weighted by Crippen LogP contribution is 2.30. The summed E-state index contributed by atoms with van der Waals surface area (Å²) in [6.45, 7) is 1.72. The molecule has 1 amide bonds. The fourth-order valence-electron chi connectivity index (χ4n) is 1.71. The van der Waals surface area contributed by atoms with Crippen LogP contribution in [-0.2, 0) is 9.63 Å². The highest BCUT2D eigenvalue weighted by Gasteiger charge is 2.53. The van der Waals surface area contributed by atoms with Crippen molar-refractivity contribution in [1.82, 2.24) is 10.4 Å². The van der Waals surface area contributed by atoms with E-state index < -0.39 is 18.2 Å². The molecule has 2 heterocycles. The molecular formula is C7H11N3O3. The fourth-order valence-corrected chi connectivity index (χ4v) is 1.71. The van der Waals surface area contributed by atoms with Crippen LogP contribution in [0.25, 0.3) is 0 Å². The van der Waals surface area contributed by atoms with E-state index in [9.17, 15) is 9.90 Å². The van der Waals surface area contributed by atoms with Crippen LogP contribution in [0.5, 0.6) is 0 Å². The van der Waals surface area contributed by atoms with Gasteiger partial charge in [0.1, 0.15) is 5.92 Å². The van der Waals surface area contributed by atoms with Crippen molar-refractivity contribution in [2.45, 2.75) is 19.3 Å². The number of nitrogens with zero attached hydrogens (tertiary/aromatic N) is 2. The Hall–Kier alpha value is -1.14. The maximum atomic E-state index is 11.6. The molecule has 0 bridgehead atoms. The van der Waals surface area contributed by atoms with E-state index in [0.29, 0.717) is 5.71 Å². The highest BCUT2D eigenvalue weighted by molar-refractivity contribution is 6.05. The van der Waals surface area contributed by atoms with Gasteiger partial charge >= 0.3 is 0 Å². The van der Waals surface area contributed by atoms with Crippen molar-refractivity contribution in [3.05, 3.63) is 0 Å². The Morgan fingerprint density at radius 1 is 1.69 bits per heavy atom. The largest absolute Gasteiger partial charge is 0.386 e. The van der Waals surface area contributed by atoms with Crippen molar-refractivity contribution in [2.24, 2.45) is 11.1 Å². The molecule has 2 N–H and O–H groups in total. The Labute approximate surface area is 75.1 Å². The molecule has 13 heavy (non-hydrogen) atoms. The number of amides is 1. The smallest absolute Gasteiger partial charge is 0.252 e. The summed E-state index contributed by atoms with van der Waals surface area (Å²) < 4.78 is 0. The number of rotatable bonds is 1. The molecule has 6 nitrogen and oxygen atoms in total. The zero-order valence-corrected chi connectivity index (χ0v) is 7.39. The lowest BCUT2D eigenvalue weighted by Crippen LogP contribution is -2.45. The molecule has 0 aliphatic carbocycles. The first-order valence-electron chi connectivity index (χ1n) is 4.05. The monoisotopic (exact) mass is 185 g/mol. The van der Waals surface area contributed by atoms with Gasteiger partial charge in [-0.15, -0.1) is 0 Å². The van der Waals surface area contributed by atoms with Crippen molar-refractivity contribution in [3.8, 4) is 0 Å². The number of carbonyl (C=O) groups is 1. The van der Waals surface area contributed by atoms with Crippen molar-refractivity contribution < 1.29 is 14.7 Å². The molecule has 72 valence electrons. The minimum atomic E-state index is -0.955. The topological polar surface area (TPSA) is 74.2 Å². The van der Waals surface area contributed by atoms with Gasteiger partial charge in [-0.25, -0.2) is 10.4 Å². The molecule has 2 rings (SSSR count). The predicted octanol–water partition coefficient (Wildman–Crippen LogP) is -1.33. The van der Waals surface area contributed by atoms with E-state index in [4.69, 9.17) is 4.84 Å². The van der Waals surface area contributed by atoms with Crippen LogP contribution in [0.1, 0.15) is 6.92 Å². The third-order valence-corrected chi connectivity index (χ3v) is 2.40. The molecule has 3 atom stereocenters. The number of hydrazine groups is 1. The van der Waals surface area contributed by atoms with E-state index in [-0.39, 0.29) is 5.91 Å². The molecule has 3 unspecified atom stereocenters. The second-order valence-electron chi connectivity index (χ2n) is 3.13. The summed E-state index contributed by atoms with van der Waals surface area (Å²) in [5, 5.41) is 14.4. The number of fused-ring (bicyclic) bond motifs is 1. The molecule has 2 aliphatic rings. The Bertz CT molecular complexity index is 278. The first-order chi connectivity index (χ1) is 6.16. The zero-order chi connectivity index (χ0) is 9.59. The van der Waals surface area contributed by atoms with Crippen LogP contribution in [0.2, 0.25) is 0 Å². The molecule has 0 aromatic rings. The van der Waals surface area contributed by atoms with E-state index in [1.165, 1.54) is 0 Å². The number of hydrogen-bond acceptors (Lipinski definition) is 5. The summed E-state index contributed by atoms with van der Waals surface area (Å²) in [7, 11) is 1.58. The molecule has 0 radical (unpaired) electrons. The van der Waals surface area contributed by atoms with Crippen LogP contribution < -0.4 is 5.43 Å². The Balaban J connectivity index is 2.28. The maximum absolute atomic E-state index is 11.6. The molecule has 1 saturated heterocycles. The summed E-state index contributed by atoms with van der Waals surface area (Å²) in [5.41, 5.74) is 3.23. The summed E-state index contributed by atoms with van der Waals surface area (Å²) >= 11 is 0. The van der Waals surface area contributed by atoms with Gasteiger partial charge < -0.3 is 9.94 Å². The first-order valence-corrected chi connectivity index (χ1v) is 4.05. The van der Waals surface area contributed by atoms with Gasteiger partial charge in [0.25, 0.3) is 5.91 Å². The molecule has 0 aromatic heterocycles. The van der Waals surface area contributed by atoms with Gasteiger partial charge in [-0.2, -0.15) is 0 Å². The minimum Gasteiger partial charge on any atom is -0.386 e. The second kappa shape index (κ2) is 2.68. The molecular weight excluding hydrogens is 174 g/mol. The van der Waals surface area contributed by atoms with E-state index in [1.54, 1.807) is 14.0 Å². The van der Waals surface area contributed by atoms with E-state index in [2.05, 4.69) is 10.6 Å². The number of oxime groups is 1. The highest BCUT2D eigenvalue weighted by atomic mass is 16.7. The van der Waals surface area contributed by atoms with Crippen molar-refractivity contribution >= 4 is 11.6 Å². The standard InChI is InChI=1S/C7H11N3O3/c1-3-4-5(13-9-3)7(12)10(8-2)6(4)11/h4-5,7-8,12H,1-2H3. The average Bonchev–Trinajstić information content (AvgIpc) is 2.57. The minimum absolute atomic E-state index is 0.196. The lowest BCUT2D eigenvalue weighted by molar-refractivity contribution is -0.140. The third kappa shape index (κ3) is 0.956. The molecule has 1 fully saturated rings. The summed E-state index contributed by atoms with van der Waals surface area (Å²) in [5.74, 6) is -0.624. The summed E-state index contributed by atoms with van der Waals surface area (Å²) in [4.78, 5) is 16.5. The van der Waals surface area contributed by atoms with Crippen molar-refractivity contribution in [2.75, 3.05) is 7.05 Å². The van der Waals surface area contributed by atoms with Gasteiger partial charge in [-0.1, -0.05) is 5.16 Å². The van der Waals surface area contributed by atoms with E-state index in [0.717, 1.165) is 5.01 Å². The van der Waals surface area contributed by atoms with Gasteiger partial charge in [0.2, 0.25) is 0 Å². The normalized spacial score (nSPS) is 37.5. The SMILES string of the molecule is CNN1C(=O)C2C(C)=NOC2C1O. The Morgan fingerprint density at radius 2 is 2.38 bits per heavy atom. The van der Waals surface area contributed by atoms with Gasteiger partial charge in [-0.3, -0.25) is 4.79 Å². The number of aliphatic hydroxyl groups excluding tert-OH is 1. The summed E-state index contributed by atoms with van der Waals surface area (Å²) in [6, 6.07) is 0. The lowest BCUT2D eigenvalue weighted by Gasteiger charge is -2.19. The molecule has 2 aliphatic heterocycles. The fraction of sp³-hybridized carbons (Fsp3) is 0.714. The van der Waals surface area contributed by atoms with Crippen LogP contribution in [-0.4, -0.2) is 41.1 Å². The lowest BCUT2D eigenvalue weighted by atomic mass is 10.0. The van der Waals surface area contributed by atoms with E-state index >= 15 is 0 Å². The van der Waals surface area contributed by atoms with Crippen LogP contribution in [0.3, 0.4) is 0 Å². The maximum Gasteiger partial charge on any atom is 0.252 e. The van der Waals surface area contributed by atoms with Gasteiger partial charge in [0.05, 0.1) is 5.71 Å². The van der Waals surface area contributed by atoms with Crippen molar-refractivity contribution in [1.29, 1.82) is 0 Å². The van der Waals surface area contributed by atoms with Crippen LogP contribution in [0, 0.1) is 5.92 Å².